The lowest BCUT2D eigenvalue weighted by molar-refractivity contribution is 0.101. The van der Waals surface area contributed by atoms with Gasteiger partial charge in [-0.25, -0.2) is 0 Å². The van der Waals surface area contributed by atoms with Gasteiger partial charge in [0.2, 0.25) is 0 Å². The number of ether oxygens (including phenoxy) is 2. The first kappa shape index (κ1) is 14.1. The normalized spacial score (nSPS) is 10.2. The third kappa shape index (κ3) is 3.18. The zero-order valence-corrected chi connectivity index (χ0v) is 12.0. The molecular weight excluding hydrogens is 252 g/mol. The minimum absolute atomic E-state index is 0.0174. The molecule has 0 saturated heterocycles. The maximum absolute atomic E-state index is 11.4. The summed E-state index contributed by atoms with van der Waals surface area (Å²) in [6, 6.07) is 13.0. The smallest absolute Gasteiger partial charge is 0.169 e. The molecule has 20 heavy (non-hydrogen) atoms. The summed E-state index contributed by atoms with van der Waals surface area (Å²) in [4.78, 5) is 11.4. The van der Waals surface area contributed by atoms with E-state index in [0.717, 1.165) is 6.42 Å². The van der Waals surface area contributed by atoms with Crippen molar-refractivity contribution < 1.29 is 14.3 Å². The Bertz CT molecular complexity index is 617. The zero-order chi connectivity index (χ0) is 14.5. The molecule has 2 rings (SSSR count). The van der Waals surface area contributed by atoms with Gasteiger partial charge in [-0.2, -0.15) is 0 Å². The largest absolute Gasteiger partial charge is 0.493 e. The van der Waals surface area contributed by atoms with Crippen LogP contribution in [0.2, 0.25) is 0 Å². The third-order valence-corrected chi connectivity index (χ3v) is 3.10. The van der Waals surface area contributed by atoms with E-state index in [1.165, 1.54) is 12.5 Å². The second kappa shape index (κ2) is 6.24. The Morgan fingerprint density at radius 3 is 2.55 bits per heavy atom. The van der Waals surface area contributed by atoms with Crippen molar-refractivity contribution in [3.05, 3.63) is 53.6 Å². The number of Topliss-reactive ketones (excluding diaryl/α,β-unsaturated/α-hetero) is 1. The Kier molecular flexibility index (Phi) is 4.41. The molecule has 0 spiro atoms. The van der Waals surface area contributed by atoms with Gasteiger partial charge in [-0.05, 0) is 43.2 Å². The van der Waals surface area contributed by atoms with Crippen LogP contribution in [-0.2, 0) is 6.42 Å². The first-order chi connectivity index (χ1) is 9.63. The molecule has 0 radical (unpaired) electrons. The molecule has 2 aromatic carbocycles. The van der Waals surface area contributed by atoms with Gasteiger partial charge in [0.15, 0.2) is 17.3 Å². The van der Waals surface area contributed by atoms with E-state index >= 15 is 0 Å². The number of rotatable bonds is 5. The summed E-state index contributed by atoms with van der Waals surface area (Å²) >= 11 is 0. The average Bonchev–Trinajstić information content (AvgIpc) is 2.48. The molecular formula is C17H18O3. The summed E-state index contributed by atoms with van der Waals surface area (Å²) in [5, 5.41) is 0. The van der Waals surface area contributed by atoms with Crippen LogP contribution in [0.1, 0.15) is 29.8 Å². The minimum atomic E-state index is 0.0174. The summed E-state index contributed by atoms with van der Waals surface area (Å²) in [6.45, 7) is 3.63. The van der Waals surface area contributed by atoms with Crippen LogP contribution >= 0.6 is 0 Å². The van der Waals surface area contributed by atoms with Crippen molar-refractivity contribution in [1.82, 2.24) is 0 Å². The van der Waals surface area contributed by atoms with Gasteiger partial charge >= 0.3 is 0 Å². The Morgan fingerprint density at radius 2 is 1.90 bits per heavy atom. The highest BCUT2D eigenvalue weighted by Gasteiger charge is 2.08. The van der Waals surface area contributed by atoms with Crippen molar-refractivity contribution in [3.63, 3.8) is 0 Å². The fraction of sp³-hybridized carbons (Fsp3) is 0.235. The molecule has 0 fully saturated rings. The SMILES string of the molecule is CCc1ccc(Oc2cccc(C(C)=O)c2)c(OC)c1. The topological polar surface area (TPSA) is 35.5 Å². The second-order valence-corrected chi connectivity index (χ2v) is 4.52. The van der Waals surface area contributed by atoms with Crippen LogP contribution in [-0.4, -0.2) is 12.9 Å². The highest BCUT2D eigenvalue weighted by atomic mass is 16.5. The first-order valence-electron chi connectivity index (χ1n) is 6.59. The van der Waals surface area contributed by atoms with E-state index in [1.807, 2.05) is 24.3 Å². The number of carbonyl (C=O) groups is 1. The van der Waals surface area contributed by atoms with Crippen LogP contribution in [0.3, 0.4) is 0 Å². The van der Waals surface area contributed by atoms with E-state index in [-0.39, 0.29) is 5.78 Å². The van der Waals surface area contributed by atoms with Crippen molar-refractivity contribution in [1.29, 1.82) is 0 Å². The third-order valence-electron chi connectivity index (χ3n) is 3.10. The summed E-state index contributed by atoms with van der Waals surface area (Å²) in [5.41, 5.74) is 1.82. The van der Waals surface area contributed by atoms with Gasteiger partial charge in [0.25, 0.3) is 0 Å². The molecule has 0 bridgehead atoms. The Balaban J connectivity index is 2.29. The van der Waals surface area contributed by atoms with Crippen molar-refractivity contribution in [2.45, 2.75) is 20.3 Å². The molecule has 104 valence electrons. The number of methoxy groups -OCH3 is 1. The fourth-order valence-corrected chi connectivity index (χ4v) is 1.92. The predicted octanol–water partition coefficient (Wildman–Crippen LogP) is 4.25. The molecule has 3 nitrogen and oxygen atoms in total. The van der Waals surface area contributed by atoms with E-state index in [1.54, 1.807) is 25.3 Å². The summed E-state index contributed by atoms with van der Waals surface area (Å²) < 4.78 is 11.2. The molecule has 2 aromatic rings. The minimum Gasteiger partial charge on any atom is -0.493 e. The van der Waals surface area contributed by atoms with Crippen LogP contribution < -0.4 is 9.47 Å². The van der Waals surface area contributed by atoms with E-state index in [9.17, 15) is 4.79 Å². The molecule has 0 atom stereocenters. The van der Waals surface area contributed by atoms with E-state index in [2.05, 4.69) is 6.92 Å². The van der Waals surface area contributed by atoms with Crippen molar-refractivity contribution in [3.8, 4) is 17.2 Å². The molecule has 0 aromatic heterocycles. The summed E-state index contributed by atoms with van der Waals surface area (Å²) in [6.07, 6.45) is 0.941. The Labute approximate surface area is 119 Å². The van der Waals surface area contributed by atoms with Crippen LogP contribution in [0.25, 0.3) is 0 Å². The number of hydrogen-bond donors (Lipinski definition) is 0. The number of carbonyl (C=O) groups excluding carboxylic acids is 1. The molecule has 0 N–H and O–H groups in total. The summed E-state index contributed by atoms with van der Waals surface area (Å²) in [7, 11) is 1.62. The molecule has 0 heterocycles. The van der Waals surface area contributed by atoms with Crippen LogP contribution in [0.15, 0.2) is 42.5 Å². The number of benzene rings is 2. The zero-order valence-electron chi connectivity index (χ0n) is 12.0. The highest BCUT2D eigenvalue weighted by Crippen LogP contribution is 2.32. The van der Waals surface area contributed by atoms with Crippen LogP contribution in [0.5, 0.6) is 17.2 Å². The number of hydrogen-bond acceptors (Lipinski definition) is 3. The lowest BCUT2D eigenvalue weighted by Crippen LogP contribution is -1.95. The lowest BCUT2D eigenvalue weighted by atomic mass is 10.1. The molecule has 0 aliphatic carbocycles. The molecule has 0 aliphatic heterocycles. The second-order valence-electron chi connectivity index (χ2n) is 4.52. The molecule has 0 unspecified atom stereocenters. The maximum Gasteiger partial charge on any atom is 0.169 e. The van der Waals surface area contributed by atoms with Gasteiger partial charge in [-0.3, -0.25) is 4.79 Å². The molecule has 0 saturated carbocycles. The van der Waals surface area contributed by atoms with Gasteiger partial charge < -0.3 is 9.47 Å². The first-order valence-corrected chi connectivity index (χ1v) is 6.59. The molecule has 0 aliphatic rings. The predicted molar refractivity (Wildman–Crippen MR) is 78.9 cm³/mol. The fourth-order valence-electron chi connectivity index (χ4n) is 1.92. The van der Waals surface area contributed by atoms with Crippen LogP contribution in [0, 0.1) is 0 Å². The number of aryl methyl sites for hydroxylation is 1. The van der Waals surface area contributed by atoms with Crippen LogP contribution in [0.4, 0.5) is 0 Å². The van der Waals surface area contributed by atoms with E-state index in [0.29, 0.717) is 22.8 Å². The lowest BCUT2D eigenvalue weighted by Gasteiger charge is -2.12. The van der Waals surface area contributed by atoms with E-state index in [4.69, 9.17) is 9.47 Å². The Hall–Kier alpha value is -2.29. The number of ketones is 1. The van der Waals surface area contributed by atoms with Gasteiger partial charge in [0.05, 0.1) is 7.11 Å². The standard InChI is InChI=1S/C17H18O3/c1-4-13-8-9-16(17(10-13)19-3)20-15-7-5-6-14(11-15)12(2)18/h5-11H,4H2,1-3H3. The molecule has 3 heteroatoms. The average molecular weight is 270 g/mol. The maximum atomic E-state index is 11.4. The highest BCUT2D eigenvalue weighted by molar-refractivity contribution is 5.94. The van der Waals surface area contributed by atoms with Gasteiger partial charge in [0.1, 0.15) is 5.75 Å². The summed E-state index contributed by atoms with van der Waals surface area (Å²) in [5.74, 6) is 1.98. The van der Waals surface area contributed by atoms with E-state index < -0.39 is 0 Å². The van der Waals surface area contributed by atoms with Gasteiger partial charge in [-0.1, -0.05) is 25.1 Å². The van der Waals surface area contributed by atoms with Crippen molar-refractivity contribution in [2.75, 3.05) is 7.11 Å². The van der Waals surface area contributed by atoms with Gasteiger partial charge in [-0.15, -0.1) is 0 Å². The molecule has 0 amide bonds. The Morgan fingerprint density at radius 1 is 1.10 bits per heavy atom. The van der Waals surface area contributed by atoms with Crippen molar-refractivity contribution in [2.24, 2.45) is 0 Å². The quantitative estimate of drug-likeness (QED) is 0.762. The monoisotopic (exact) mass is 270 g/mol. The van der Waals surface area contributed by atoms with Crippen molar-refractivity contribution >= 4 is 5.78 Å². The van der Waals surface area contributed by atoms with Gasteiger partial charge in [0, 0.05) is 5.56 Å².